The fourth-order valence-corrected chi connectivity index (χ4v) is 4.70. The summed E-state index contributed by atoms with van der Waals surface area (Å²) in [5, 5.41) is 3.47. The molecule has 0 saturated carbocycles. The van der Waals surface area contributed by atoms with Crippen LogP contribution in [0.4, 0.5) is 5.69 Å². The van der Waals surface area contributed by atoms with Crippen molar-refractivity contribution in [2.75, 3.05) is 17.1 Å². The van der Waals surface area contributed by atoms with E-state index in [-0.39, 0.29) is 29.2 Å². The predicted octanol–water partition coefficient (Wildman–Crippen LogP) is 4.09. The van der Waals surface area contributed by atoms with Crippen molar-refractivity contribution in [1.29, 1.82) is 0 Å². The van der Waals surface area contributed by atoms with Gasteiger partial charge in [-0.2, -0.15) is 0 Å². The van der Waals surface area contributed by atoms with Crippen LogP contribution in [-0.2, 0) is 26.2 Å². The molecule has 33 heavy (non-hydrogen) atoms. The lowest BCUT2D eigenvalue weighted by Gasteiger charge is -2.33. The lowest BCUT2D eigenvalue weighted by molar-refractivity contribution is -0.140. The van der Waals surface area contributed by atoms with Crippen LogP contribution in [-0.4, -0.2) is 50.0 Å². The van der Waals surface area contributed by atoms with E-state index in [0.29, 0.717) is 17.0 Å². The normalized spacial score (nSPS) is 12.3. The maximum absolute atomic E-state index is 13.5. The van der Waals surface area contributed by atoms with E-state index in [2.05, 4.69) is 5.32 Å². The quantitative estimate of drug-likeness (QED) is 0.518. The molecule has 2 rings (SSSR count). The van der Waals surface area contributed by atoms with Crippen LogP contribution in [0, 0.1) is 0 Å². The van der Waals surface area contributed by atoms with E-state index in [9.17, 15) is 18.0 Å². The summed E-state index contributed by atoms with van der Waals surface area (Å²) in [6.07, 6.45) is 1.34. The van der Waals surface area contributed by atoms with Crippen molar-refractivity contribution in [2.24, 2.45) is 0 Å². The molecule has 0 fully saturated rings. The van der Waals surface area contributed by atoms with Crippen molar-refractivity contribution >= 4 is 50.7 Å². The molecule has 0 saturated heterocycles. The fraction of sp³-hybridized carbons (Fsp3) is 0.391. The second kappa shape index (κ2) is 11.7. The second-order valence-electron chi connectivity index (χ2n) is 7.92. The van der Waals surface area contributed by atoms with E-state index < -0.39 is 28.5 Å². The van der Waals surface area contributed by atoms with Crippen molar-refractivity contribution in [3.8, 4) is 0 Å². The molecule has 0 spiro atoms. The molecule has 0 unspecified atom stereocenters. The third-order valence-electron chi connectivity index (χ3n) is 4.92. The van der Waals surface area contributed by atoms with Gasteiger partial charge in [0.2, 0.25) is 21.8 Å². The monoisotopic (exact) mass is 513 g/mol. The van der Waals surface area contributed by atoms with E-state index in [1.807, 2.05) is 13.8 Å². The first-order chi connectivity index (χ1) is 15.5. The van der Waals surface area contributed by atoms with Gasteiger partial charge in [0, 0.05) is 17.6 Å². The van der Waals surface area contributed by atoms with E-state index in [1.165, 1.54) is 11.0 Å². The number of hydrogen-bond acceptors (Lipinski definition) is 4. The minimum absolute atomic E-state index is 0.0443. The highest BCUT2D eigenvalue weighted by Crippen LogP contribution is 2.28. The lowest BCUT2D eigenvalue weighted by Crippen LogP contribution is -2.53. The summed E-state index contributed by atoms with van der Waals surface area (Å²) >= 11 is 12.5. The molecular weight excluding hydrogens is 485 g/mol. The molecule has 1 N–H and O–H groups in total. The molecule has 0 heterocycles. The van der Waals surface area contributed by atoms with Gasteiger partial charge in [-0.25, -0.2) is 8.42 Å². The summed E-state index contributed by atoms with van der Waals surface area (Å²) in [4.78, 5) is 27.8. The number of sulfonamides is 1. The van der Waals surface area contributed by atoms with Gasteiger partial charge in [0.1, 0.15) is 12.6 Å². The Morgan fingerprint density at radius 2 is 1.58 bits per heavy atom. The van der Waals surface area contributed by atoms with Crippen LogP contribution in [0.1, 0.15) is 32.8 Å². The number of carbonyl (C=O) groups excluding carboxylic acids is 2. The molecule has 180 valence electrons. The Kier molecular flexibility index (Phi) is 9.57. The molecule has 0 aliphatic heterocycles. The topological polar surface area (TPSA) is 86.8 Å². The number of amides is 2. The highest BCUT2D eigenvalue weighted by molar-refractivity contribution is 7.92. The molecule has 1 atom stereocenters. The molecule has 0 radical (unpaired) electrons. The SMILES string of the molecule is CC[C@H](C(=O)NC(C)C)N(Cc1ccccc1Cl)C(=O)CN(c1ccccc1Cl)S(C)(=O)=O. The van der Waals surface area contributed by atoms with Crippen LogP contribution in [0.15, 0.2) is 48.5 Å². The first-order valence-corrected chi connectivity index (χ1v) is 13.1. The Balaban J connectivity index is 2.47. The molecule has 2 aromatic rings. The average molecular weight is 514 g/mol. The van der Waals surface area contributed by atoms with Crippen LogP contribution in [0.2, 0.25) is 10.0 Å². The Hall–Kier alpha value is -2.29. The van der Waals surface area contributed by atoms with Crippen molar-refractivity contribution in [3.05, 3.63) is 64.1 Å². The van der Waals surface area contributed by atoms with Gasteiger partial charge in [0.15, 0.2) is 0 Å². The fourth-order valence-electron chi connectivity index (χ4n) is 3.36. The molecule has 0 aromatic heterocycles. The van der Waals surface area contributed by atoms with Gasteiger partial charge in [-0.3, -0.25) is 13.9 Å². The number of para-hydroxylation sites is 1. The number of halogens is 2. The minimum atomic E-state index is -3.85. The zero-order valence-electron chi connectivity index (χ0n) is 19.1. The lowest BCUT2D eigenvalue weighted by atomic mass is 10.1. The number of hydrogen-bond donors (Lipinski definition) is 1. The van der Waals surface area contributed by atoms with Crippen molar-refractivity contribution in [1.82, 2.24) is 10.2 Å². The van der Waals surface area contributed by atoms with Gasteiger partial charge in [-0.05, 0) is 44.0 Å². The zero-order chi connectivity index (χ0) is 24.8. The number of benzene rings is 2. The number of anilines is 1. The molecular formula is C23H29Cl2N3O4S. The van der Waals surface area contributed by atoms with E-state index in [1.54, 1.807) is 49.4 Å². The van der Waals surface area contributed by atoms with Gasteiger partial charge in [-0.15, -0.1) is 0 Å². The van der Waals surface area contributed by atoms with Crippen LogP contribution in [0.5, 0.6) is 0 Å². The number of rotatable bonds is 10. The van der Waals surface area contributed by atoms with E-state index in [4.69, 9.17) is 23.2 Å². The standard InChI is InChI=1S/C23H29Cl2N3O4S/c1-5-20(23(30)26-16(2)3)27(14-17-10-6-7-11-18(17)24)22(29)15-28(33(4,31)32)21-13-9-8-12-19(21)25/h6-13,16,20H,5,14-15H2,1-4H3,(H,26,30)/t20-/m1/s1. The van der Waals surface area contributed by atoms with Crippen LogP contribution < -0.4 is 9.62 Å². The molecule has 2 amide bonds. The molecule has 0 aliphatic carbocycles. The van der Waals surface area contributed by atoms with Crippen LogP contribution in [0.25, 0.3) is 0 Å². The van der Waals surface area contributed by atoms with E-state index in [0.717, 1.165) is 10.6 Å². The van der Waals surface area contributed by atoms with Gasteiger partial charge < -0.3 is 10.2 Å². The largest absolute Gasteiger partial charge is 0.352 e. The second-order valence-corrected chi connectivity index (χ2v) is 10.6. The third-order valence-corrected chi connectivity index (χ3v) is 6.73. The maximum Gasteiger partial charge on any atom is 0.244 e. The molecule has 2 aromatic carbocycles. The number of nitrogens with zero attached hydrogens (tertiary/aromatic N) is 2. The summed E-state index contributed by atoms with van der Waals surface area (Å²) in [5.74, 6) is -0.873. The Morgan fingerprint density at radius 3 is 2.09 bits per heavy atom. The Morgan fingerprint density at radius 1 is 1.00 bits per heavy atom. The minimum Gasteiger partial charge on any atom is -0.352 e. The van der Waals surface area contributed by atoms with Crippen LogP contribution >= 0.6 is 23.2 Å². The van der Waals surface area contributed by atoms with Gasteiger partial charge in [0.05, 0.1) is 17.0 Å². The zero-order valence-corrected chi connectivity index (χ0v) is 21.4. The molecule has 0 aliphatic rings. The van der Waals surface area contributed by atoms with Crippen LogP contribution in [0.3, 0.4) is 0 Å². The maximum atomic E-state index is 13.5. The number of nitrogens with one attached hydrogen (secondary N) is 1. The molecule has 7 nitrogen and oxygen atoms in total. The predicted molar refractivity (Wildman–Crippen MR) is 133 cm³/mol. The van der Waals surface area contributed by atoms with Gasteiger partial charge in [-0.1, -0.05) is 60.5 Å². The summed E-state index contributed by atoms with van der Waals surface area (Å²) in [5.41, 5.74) is 0.833. The Bertz CT molecular complexity index is 1090. The number of carbonyl (C=O) groups is 2. The Labute approximate surface area is 205 Å². The van der Waals surface area contributed by atoms with Gasteiger partial charge in [0.25, 0.3) is 0 Å². The first-order valence-electron chi connectivity index (χ1n) is 10.5. The van der Waals surface area contributed by atoms with Crippen molar-refractivity contribution in [2.45, 2.75) is 45.8 Å². The van der Waals surface area contributed by atoms with Crippen molar-refractivity contribution < 1.29 is 18.0 Å². The average Bonchev–Trinajstić information content (AvgIpc) is 2.72. The summed E-state index contributed by atoms with van der Waals surface area (Å²) in [6.45, 7) is 4.97. The smallest absolute Gasteiger partial charge is 0.244 e. The summed E-state index contributed by atoms with van der Waals surface area (Å²) < 4.78 is 26.1. The molecule has 0 bridgehead atoms. The van der Waals surface area contributed by atoms with Gasteiger partial charge >= 0.3 is 0 Å². The van der Waals surface area contributed by atoms with Crippen molar-refractivity contribution in [3.63, 3.8) is 0 Å². The first kappa shape index (κ1) is 27.0. The summed E-state index contributed by atoms with van der Waals surface area (Å²) in [7, 11) is -3.85. The third kappa shape index (κ3) is 7.35. The highest BCUT2D eigenvalue weighted by atomic mass is 35.5. The summed E-state index contributed by atoms with van der Waals surface area (Å²) in [6, 6.07) is 12.4. The molecule has 10 heteroatoms. The van der Waals surface area contributed by atoms with E-state index >= 15 is 0 Å². The highest BCUT2D eigenvalue weighted by Gasteiger charge is 2.32.